The van der Waals surface area contributed by atoms with Gasteiger partial charge in [0.15, 0.2) is 17.1 Å². The second-order valence-corrected chi connectivity index (χ2v) is 13.1. The number of benzene rings is 4. The summed E-state index contributed by atoms with van der Waals surface area (Å²) in [5, 5.41) is -1.29. The van der Waals surface area contributed by atoms with Crippen molar-refractivity contribution in [3.8, 4) is 11.1 Å². The van der Waals surface area contributed by atoms with E-state index in [0.717, 1.165) is 28.0 Å². The predicted molar refractivity (Wildman–Crippen MR) is 198 cm³/mol. The van der Waals surface area contributed by atoms with Crippen LogP contribution in [-0.2, 0) is 34.5 Å². The fourth-order valence-electron chi connectivity index (χ4n) is 5.91. The summed E-state index contributed by atoms with van der Waals surface area (Å²) in [6.07, 6.45) is -4.93. The minimum atomic E-state index is -4.57. The molecule has 0 bridgehead atoms. The molecule has 4 aromatic carbocycles. The van der Waals surface area contributed by atoms with Crippen LogP contribution in [-0.4, -0.2) is 59.5 Å². The molecule has 1 aliphatic heterocycles. The van der Waals surface area contributed by atoms with Gasteiger partial charge in [-0.05, 0) is 66.7 Å². The average Bonchev–Trinajstić information content (AvgIpc) is 3.24. The van der Waals surface area contributed by atoms with E-state index in [-0.39, 0.29) is 37.1 Å². The highest BCUT2D eigenvalue weighted by atomic mass is 32.2. The molecule has 1 aromatic heterocycles. The molecule has 1 fully saturated rings. The van der Waals surface area contributed by atoms with E-state index in [9.17, 15) is 29.5 Å². The largest absolute Gasteiger partial charge is 0.416 e. The van der Waals surface area contributed by atoms with Crippen molar-refractivity contribution in [3.05, 3.63) is 135 Å². The molecule has 6 rings (SSSR count). The summed E-state index contributed by atoms with van der Waals surface area (Å²) in [5.41, 5.74) is -1.95. The number of piperidine rings is 1. The van der Waals surface area contributed by atoms with E-state index in [1.54, 1.807) is 12.1 Å². The van der Waals surface area contributed by atoms with Crippen LogP contribution in [0, 0.1) is 18.6 Å². The number of hydrogen-bond acceptors (Lipinski definition) is 5. The van der Waals surface area contributed by atoms with Crippen LogP contribution in [0.1, 0.15) is 52.9 Å². The third-order valence-electron chi connectivity index (χ3n) is 8.67. The van der Waals surface area contributed by atoms with Crippen molar-refractivity contribution < 1.29 is 49.3 Å². The number of carbonyl (C=O) groups is 1. The van der Waals surface area contributed by atoms with Crippen molar-refractivity contribution in [1.29, 1.82) is 0 Å². The van der Waals surface area contributed by atoms with Gasteiger partial charge >= 0.3 is 6.18 Å². The molecular formula is C41H40F5N3O3S. The highest BCUT2D eigenvalue weighted by molar-refractivity contribution is 7.98. The maximum atomic E-state index is 15.2. The molecule has 5 aromatic rings. The third kappa shape index (κ3) is 9.17. The number of likely N-dealkylation sites (tertiary alicyclic amines) is 1. The Morgan fingerprint density at radius 2 is 1.72 bits per heavy atom. The van der Waals surface area contributed by atoms with Crippen molar-refractivity contribution in [3.63, 3.8) is 0 Å². The Hall–Kier alpha value is -4.52. The van der Waals surface area contributed by atoms with Crippen molar-refractivity contribution in [1.82, 2.24) is 14.4 Å². The smallest absolute Gasteiger partial charge is 0.383 e. The summed E-state index contributed by atoms with van der Waals surface area (Å²) in [4.78, 5) is 31.1. The van der Waals surface area contributed by atoms with Gasteiger partial charge < -0.3 is 19.1 Å². The maximum Gasteiger partial charge on any atom is 0.416 e. The van der Waals surface area contributed by atoms with Gasteiger partial charge in [-0.3, -0.25) is 9.59 Å². The zero-order valence-electron chi connectivity index (χ0n) is 41.0. The summed E-state index contributed by atoms with van der Waals surface area (Å²) in [6, 6.07) is 9.72. The van der Waals surface area contributed by atoms with Crippen LogP contribution >= 0.6 is 11.8 Å². The van der Waals surface area contributed by atoms with Crippen molar-refractivity contribution in [2.45, 2.75) is 55.8 Å². The third-order valence-corrected chi connectivity index (χ3v) is 9.68. The van der Waals surface area contributed by atoms with Crippen LogP contribution in [0.15, 0.2) is 101 Å². The number of thioether (sulfide) groups is 1. The number of methoxy groups -OCH3 is 1. The highest BCUT2D eigenvalue weighted by Crippen LogP contribution is 2.32. The number of aromatic nitrogens is 1. The number of fused-ring (bicyclic) bond motifs is 1. The van der Waals surface area contributed by atoms with Gasteiger partial charge in [-0.2, -0.15) is 13.2 Å². The molecule has 1 amide bonds. The van der Waals surface area contributed by atoms with Crippen molar-refractivity contribution >= 4 is 28.6 Å². The number of pyridine rings is 1. The Bertz CT molecular complexity index is 2710. The fraction of sp³-hybridized carbons (Fsp3) is 0.317. The lowest BCUT2D eigenvalue weighted by Gasteiger charge is -2.39. The van der Waals surface area contributed by atoms with E-state index in [1.165, 1.54) is 43.3 Å². The molecule has 6 nitrogen and oxygen atoms in total. The number of hydrogen-bond donors (Lipinski definition) is 0. The number of rotatable bonds is 12. The Morgan fingerprint density at radius 3 is 2.40 bits per heavy atom. The highest BCUT2D eigenvalue weighted by Gasteiger charge is 2.31. The second-order valence-electron chi connectivity index (χ2n) is 12.2. The summed E-state index contributed by atoms with van der Waals surface area (Å²) in [5.74, 6) is -4.42. The lowest BCUT2D eigenvalue weighted by atomic mass is 10.00. The average molecular weight is 763 g/mol. The van der Waals surface area contributed by atoms with Crippen molar-refractivity contribution in [2.24, 2.45) is 0 Å². The molecule has 0 spiro atoms. The first-order chi connectivity index (χ1) is 30.5. The number of halogens is 5. The normalized spacial score (nSPS) is 18.8. The molecule has 12 heteroatoms. The summed E-state index contributed by atoms with van der Waals surface area (Å²) in [6.45, 7) is -9.64. The Balaban J connectivity index is 1.46. The number of amides is 1. The van der Waals surface area contributed by atoms with Gasteiger partial charge in [0.2, 0.25) is 5.91 Å². The molecule has 0 unspecified atom stereocenters. The van der Waals surface area contributed by atoms with Gasteiger partial charge in [-0.25, -0.2) is 8.78 Å². The first-order valence-electron chi connectivity index (χ1n) is 22.7. The van der Waals surface area contributed by atoms with E-state index in [1.807, 2.05) is 0 Å². The Kier molecular flexibility index (Phi) is 7.77. The minimum Gasteiger partial charge on any atom is -0.383 e. The topological polar surface area (TPSA) is 54.8 Å². The maximum absolute atomic E-state index is 15.2. The number of carbonyl (C=O) groups excluding carboxylic acids is 1. The van der Waals surface area contributed by atoms with Crippen LogP contribution in [0.3, 0.4) is 0 Å². The van der Waals surface area contributed by atoms with E-state index < -0.39 is 120 Å². The van der Waals surface area contributed by atoms with Crippen LogP contribution in [0.5, 0.6) is 0 Å². The quantitative estimate of drug-likeness (QED) is 0.0941. The van der Waals surface area contributed by atoms with E-state index in [2.05, 4.69) is 4.74 Å². The van der Waals surface area contributed by atoms with Crippen LogP contribution in [0.25, 0.3) is 22.0 Å². The predicted octanol–water partition coefficient (Wildman–Crippen LogP) is 8.71. The van der Waals surface area contributed by atoms with Crippen LogP contribution in [0.4, 0.5) is 22.0 Å². The molecule has 0 aliphatic carbocycles. The Labute approximate surface area is 327 Å². The molecular weight excluding hydrogens is 710 g/mol. The van der Waals surface area contributed by atoms with Gasteiger partial charge in [0.05, 0.1) is 37.7 Å². The molecule has 0 N–H and O–H groups in total. The van der Waals surface area contributed by atoms with Gasteiger partial charge in [-0.15, -0.1) is 11.8 Å². The number of nitrogens with zero attached hydrogens (tertiary/aromatic N) is 3. The van der Waals surface area contributed by atoms with Crippen LogP contribution < -0.4 is 5.43 Å². The molecule has 0 atom stereocenters. The van der Waals surface area contributed by atoms with E-state index in [0.29, 0.717) is 33.0 Å². The monoisotopic (exact) mass is 762 g/mol. The van der Waals surface area contributed by atoms with Gasteiger partial charge in [0.1, 0.15) is 6.50 Å². The summed E-state index contributed by atoms with van der Waals surface area (Å²) < 4.78 is 184. The lowest BCUT2D eigenvalue weighted by molar-refractivity contribution is -0.137. The summed E-state index contributed by atoms with van der Waals surface area (Å²) in [7, 11) is -3.32. The van der Waals surface area contributed by atoms with Crippen LogP contribution in [0.2, 0.25) is 0 Å². The molecule has 0 radical (unpaired) electrons. The zero-order chi connectivity index (χ0) is 49.1. The molecule has 1 saturated heterocycles. The standard InChI is InChI=1S/C41H40F5N3O3S/c1-27-6-15-36-34(22-27)37(50)23-39(53-26-31-4-3-5-35(42)40(31)43)49(36)25-38(51)48(33-16-18-47(19-17-33)20-21-52-2)24-28-7-9-29(10-8-28)30-11-13-32(14-12-30)41(44,45)46/h3-15,22-23,33H,16-21,24-26H2,1-2H3/i2D3,6D,15D,20D2,21D2,22D,23D,25D2. The van der Waals surface area contributed by atoms with Gasteiger partial charge in [0, 0.05) is 64.7 Å². The molecule has 0 saturated carbocycles. The van der Waals surface area contributed by atoms with Crippen molar-refractivity contribution in [2.75, 3.05) is 33.2 Å². The SMILES string of the molecule is [2H]c1c(C)c([2H])c2c(=O)c([2H])c(SCc3cccc(F)c3F)n(C([2H])([2H])C(=O)N(Cc3ccc(-c4ccc(C(F)(F)F)cc4)cc3)C3CCN(C([2H])([2H])C([2H])([2H])OC([2H])([2H])[2H])CC3)c2c1[2H]. The van der Waals surface area contributed by atoms with E-state index in [4.69, 9.17) is 15.1 Å². The molecule has 278 valence electrons. The number of alkyl halides is 3. The first-order valence-corrected chi connectivity index (χ1v) is 17.2. The van der Waals surface area contributed by atoms with Gasteiger partial charge in [-0.1, -0.05) is 60.1 Å². The lowest BCUT2D eigenvalue weighted by Crippen LogP contribution is -2.48. The molecule has 53 heavy (non-hydrogen) atoms. The molecule has 2 heterocycles. The molecule has 1 aliphatic rings. The second kappa shape index (κ2) is 16.7. The first kappa shape index (κ1) is 24.7. The number of ether oxygens (including phenoxy) is 1. The zero-order valence-corrected chi connectivity index (χ0v) is 28.9. The van der Waals surface area contributed by atoms with E-state index >= 15 is 4.79 Å². The fourth-order valence-corrected chi connectivity index (χ4v) is 6.86. The minimum absolute atomic E-state index is 0.161. The van der Waals surface area contributed by atoms with Gasteiger partial charge in [0.25, 0.3) is 0 Å². The summed E-state index contributed by atoms with van der Waals surface area (Å²) >= 11 is 0.464. The Morgan fingerprint density at radius 1 is 1.02 bits per heavy atom.